The number of halogens is 1. The van der Waals surface area contributed by atoms with Crippen LogP contribution in [0.1, 0.15) is 19.8 Å². The molecule has 9 heavy (non-hydrogen) atoms. The number of hydrogen-bond donors (Lipinski definition) is 0. The average Bonchev–Trinajstić information content (AvgIpc) is 1.89. The van der Waals surface area contributed by atoms with Crippen LogP contribution >= 0.6 is 15.9 Å². The normalized spacial score (nSPS) is 13.6. The van der Waals surface area contributed by atoms with Gasteiger partial charge >= 0.3 is 0 Å². The van der Waals surface area contributed by atoms with E-state index in [1.165, 1.54) is 0 Å². The lowest BCUT2D eigenvalue weighted by Gasteiger charge is -1.94. The molecule has 3 heteroatoms. The van der Waals surface area contributed by atoms with E-state index in [-0.39, 0.29) is 0 Å². The van der Waals surface area contributed by atoms with E-state index in [1.807, 2.05) is 6.92 Å². The molecule has 0 N–H and O–H groups in total. The van der Waals surface area contributed by atoms with E-state index < -0.39 is 10.8 Å². The molecule has 0 saturated carbocycles. The molecular weight excluding hydrogens is 200 g/mol. The molecule has 1 nitrogen and oxygen atoms in total. The summed E-state index contributed by atoms with van der Waals surface area (Å²) in [5.41, 5.74) is 0. The fraction of sp³-hybridized carbons (Fsp3) is 1.00. The molecule has 0 saturated heterocycles. The quantitative estimate of drug-likeness (QED) is 0.503. The summed E-state index contributed by atoms with van der Waals surface area (Å²) >= 11 is 3.32. The van der Waals surface area contributed by atoms with Crippen molar-refractivity contribution in [3.63, 3.8) is 0 Å². The number of hydrogen-bond acceptors (Lipinski definition) is 1. The second-order valence-electron chi connectivity index (χ2n) is 1.83. The summed E-state index contributed by atoms with van der Waals surface area (Å²) in [6.07, 6.45) is 2.23. The Morgan fingerprint density at radius 2 is 2.11 bits per heavy atom. The Kier molecular flexibility index (Phi) is 7.22. The SMILES string of the molecule is CCS(=O)CCCCBr. The fourth-order valence-electron chi connectivity index (χ4n) is 0.502. The summed E-state index contributed by atoms with van der Waals surface area (Å²) in [6.45, 7) is 1.96. The minimum absolute atomic E-state index is 0.549. The third kappa shape index (κ3) is 6.52. The first-order valence-corrected chi connectivity index (χ1v) is 5.83. The van der Waals surface area contributed by atoms with Crippen LogP contribution in [-0.4, -0.2) is 21.0 Å². The first-order chi connectivity index (χ1) is 4.31. The Bertz CT molecular complexity index is 85.1. The maximum atomic E-state index is 10.8. The van der Waals surface area contributed by atoms with Gasteiger partial charge in [-0.3, -0.25) is 4.21 Å². The van der Waals surface area contributed by atoms with Crippen LogP contribution in [0.25, 0.3) is 0 Å². The van der Waals surface area contributed by atoms with Crippen molar-refractivity contribution in [3.05, 3.63) is 0 Å². The van der Waals surface area contributed by atoms with Crippen molar-refractivity contribution >= 4 is 26.7 Å². The molecule has 0 rings (SSSR count). The Morgan fingerprint density at radius 3 is 2.56 bits per heavy atom. The fourth-order valence-corrected chi connectivity index (χ4v) is 1.71. The van der Waals surface area contributed by atoms with E-state index >= 15 is 0 Å². The van der Waals surface area contributed by atoms with Crippen LogP contribution in [0.3, 0.4) is 0 Å². The summed E-state index contributed by atoms with van der Waals surface area (Å²) in [6, 6.07) is 0. The minimum Gasteiger partial charge on any atom is -0.260 e. The van der Waals surface area contributed by atoms with Crippen LogP contribution in [0.4, 0.5) is 0 Å². The van der Waals surface area contributed by atoms with Gasteiger partial charge in [-0.05, 0) is 12.8 Å². The van der Waals surface area contributed by atoms with E-state index in [1.54, 1.807) is 0 Å². The molecule has 0 heterocycles. The highest BCUT2D eigenvalue weighted by molar-refractivity contribution is 9.09. The van der Waals surface area contributed by atoms with Crippen LogP contribution in [0, 0.1) is 0 Å². The van der Waals surface area contributed by atoms with Gasteiger partial charge in [0, 0.05) is 27.6 Å². The Morgan fingerprint density at radius 1 is 1.44 bits per heavy atom. The predicted molar refractivity (Wildman–Crippen MR) is 46.6 cm³/mol. The molecule has 0 radical (unpaired) electrons. The monoisotopic (exact) mass is 212 g/mol. The zero-order valence-electron chi connectivity index (χ0n) is 5.73. The first kappa shape index (κ1) is 9.63. The number of alkyl halides is 1. The van der Waals surface area contributed by atoms with Gasteiger partial charge in [0.05, 0.1) is 0 Å². The van der Waals surface area contributed by atoms with Gasteiger partial charge in [0.25, 0.3) is 0 Å². The standard InChI is InChI=1S/C6H13BrOS/c1-2-9(8)6-4-3-5-7/h2-6H2,1H3. The summed E-state index contributed by atoms with van der Waals surface area (Å²) in [7, 11) is -0.549. The third-order valence-electron chi connectivity index (χ3n) is 1.08. The van der Waals surface area contributed by atoms with Crippen molar-refractivity contribution < 1.29 is 4.21 Å². The maximum absolute atomic E-state index is 10.8. The predicted octanol–water partition coefficient (Wildman–Crippen LogP) is 1.93. The molecule has 0 bridgehead atoms. The van der Waals surface area contributed by atoms with Gasteiger partial charge in [0.1, 0.15) is 0 Å². The van der Waals surface area contributed by atoms with Crippen LogP contribution in [0.2, 0.25) is 0 Å². The third-order valence-corrected chi connectivity index (χ3v) is 3.03. The van der Waals surface area contributed by atoms with Crippen molar-refractivity contribution in [1.29, 1.82) is 0 Å². The highest BCUT2D eigenvalue weighted by atomic mass is 79.9. The molecular formula is C6H13BrOS. The molecule has 0 aliphatic heterocycles. The van der Waals surface area contributed by atoms with Gasteiger partial charge in [-0.15, -0.1) is 0 Å². The van der Waals surface area contributed by atoms with E-state index in [2.05, 4.69) is 15.9 Å². The van der Waals surface area contributed by atoms with Crippen molar-refractivity contribution in [2.24, 2.45) is 0 Å². The zero-order valence-corrected chi connectivity index (χ0v) is 8.13. The maximum Gasteiger partial charge on any atom is 0.0235 e. The average molecular weight is 213 g/mol. The van der Waals surface area contributed by atoms with Gasteiger partial charge in [0.15, 0.2) is 0 Å². The van der Waals surface area contributed by atoms with Crippen molar-refractivity contribution in [2.75, 3.05) is 16.8 Å². The molecule has 0 aliphatic carbocycles. The van der Waals surface area contributed by atoms with Gasteiger partial charge in [0.2, 0.25) is 0 Å². The molecule has 1 atom stereocenters. The molecule has 0 fully saturated rings. The smallest absolute Gasteiger partial charge is 0.0235 e. The molecule has 1 unspecified atom stereocenters. The van der Waals surface area contributed by atoms with E-state index in [0.29, 0.717) is 0 Å². The molecule has 56 valence electrons. The lowest BCUT2D eigenvalue weighted by Crippen LogP contribution is -1.99. The summed E-state index contributed by atoms with van der Waals surface area (Å²) < 4.78 is 10.8. The molecule has 0 aromatic carbocycles. The van der Waals surface area contributed by atoms with Crippen molar-refractivity contribution in [3.8, 4) is 0 Å². The largest absolute Gasteiger partial charge is 0.260 e. The highest BCUT2D eigenvalue weighted by Crippen LogP contribution is 1.95. The highest BCUT2D eigenvalue weighted by Gasteiger charge is 1.93. The summed E-state index contributed by atoms with van der Waals surface area (Å²) in [4.78, 5) is 0. The number of rotatable bonds is 5. The lowest BCUT2D eigenvalue weighted by atomic mass is 10.4. The molecule has 0 amide bonds. The molecule has 0 aliphatic rings. The van der Waals surface area contributed by atoms with Crippen LogP contribution in [-0.2, 0) is 10.8 Å². The number of unbranched alkanes of at least 4 members (excludes halogenated alkanes) is 1. The molecule has 0 aromatic heterocycles. The first-order valence-electron chi connectivity index (χ1n) is 3.22. The molecule has 0 aromatic rings. The Balaban J connectivity index is 2.97. The van der Waals surface area contributed by atoms with Gasteiger partial charge < -0.3 is 0 Å². The van der Waals surface area contributed by atoms with Crippen LogP contribution in [0.15, 0.2) is 0 Å². The van der Waals surface area contributed by atoms with E-state index in [4.69, 9.17) is 0 Å². The van der Waals surface area contributed by atoms with Crippen molar-refractivity contribution in [1.82, 2.24) is 0 Å². The van der Waals surface area contributed by atoms with Gasteiger partial charge in [-0.2, -0.15) is 0 Å². The van der Waals surface area contributed by atoms with E-state index in [0.717, 1.165) is 29.7 Å². The van der Waals surface area contributed by atoms with Crippen LogP contribution in [0.5, 0.6) is 0 Å². The second kappa shape index (κ2) is 6.75. The van der Waals surface area contributed by atoms with Crippen LogP contribution < -0.4 is 0 Å². The Labute approximate surface area is 67.8 Å². The molecule has 0 spiro atoms. The minimum atomic E-state index is -0.549. The second-order valence-corrected chi connectivity index (χ2v) is 4.49. The van der Waals surface area contributed by atoms with E-state index in [9.17, 15) is 4.21 Å². The van der Waals surface area contributed by atoms with Gasteiger partial charge in [-0.1, -0.05) is 22.9 Å². The topological polar surface area (TPSA) is 17.1 Å². The lowest BCUT2D eigenvalue weighted by molar-refractivity contribution is 0.680. The van der Waals surface area contributed by atoms with Crippen molar-refractivity contribution in [2.45, 2.75) is 19.8 Å². The van der Waals surface area contributed by atoms with Gasteiger partial charge in [-0.25, -0.2) is 0 Å². The summed E-state index contributed by atoms with van der Waals surface area (Å²) in [5, 5.41) is 1.04. The Hall–Kier alpha value is 0.630. The zero-order chi connectivity index (χ0) is 7.11. The summed E-state index contributed by atoms with van der Waals surface area (Å²) in [5.74, 6) is 1.68.